The Kier molecular flexibility index (Phi) is 4.74. The van der Waals surface area contributed by atoms with E-state index < -0.39 is 23.2 Å². The SMILES string of the molecule is O=C(Nn1cnc2c(cnn2-c2ccccc2)c1=O)[C@H]1CC(=O)N(c2ccc(F)cc2)C1. The molecule has 2 aromatic heterocycles. The van der Waals surface area contributed by atoms with E-state index in [0.717, 1.165) is 10.4 Å². The van der Waals surface area contributed by atoms with Crippen LogP contribution in [-0.4, -0.2) is 37.8 Å². The smallest absolute Gasteiger partial charge is 0.283 e. The van der Waals surface area contributed by atoms with Crippen LogP contribution in [0.5, 0.6) is 0 Å². The average Bonchev–Trinajstić information content (AvgIpc) is 3.41. The monoisotopic (exact) mass is 432 g/mol. The summed E-state index contributed by atoms with van der Waals surface area (Å²) in [5, 5.41) is 4.48. The third-order valence-electron chi connectivity index (χ3n) is 5.35. The van der Waals surface area contributed by atoms with Crippen LogP contribution in [0.1, 0.15) is 6.42 Å². The Bertz CT molecular complexity index is 1380. The van der Waals surface area contributed by atoms with Crippen LogP contribution in [0.2, 0.25) is 0 Å². The van der Waals surface area contributed by atoms with Crippen LogP contribution in [-0.2, 0) is 9.59 Å². The van der Waals surface area contributed by atoms with Gasteiger partial charge in [0, 0.05) is 18.7 Å². The van der Waals surface area contributed by atoms with Crippen LogP contribution in [0.15, 0.2) is 71.9 Å². The molecule has 5 rings (SSSR count). The van der Waals surface area contributed by atoms with Crippen LogP contribution < -0.4 is 15.9 Å². The summed E-state index contributed by atoms with van der Waals surface area (Å²) < 4.78 is 15.7. The molecule has 0 aliphatic carbocycles. The highest BCUT2D eigenvalue weighted by Gasteiger charge is 2.35. The molecule has 3 heterocycles. The maximum atomic E-state index is 13.2. The molecule has 0 radical (unpaired) electrons. The first-order valence-electron chi connectivity index (χ1n) is 9.89. The average molecular weight is 432 g/mol. The molecule has 2 aromatic carbocycles. The lowest BCUT2D eigenvalue weighted by molar-refractivity contribution is -0.123. The number of nitrogens with zero attached hydrogens (tertiary/aromatic N) is 5. The minimum atomic E-state index is -0.665. The number of aromatic nitrogens is 4. The van der Waals surface area contributed by atoms with Crippen molar-refractivity contribution in [2.45, 2.75) is 6.42 Å². The summed E-state index contributed by atoms with van der Waals surface area (Å²) in [6, 6.07) is 14.7. The highest BCUT2D eigenvalue weighted by molar-refractivity contribution is 6.01. The van der Waals surface area contributed by atoms with E-state index in [0.29, 0.717) is 11.3 Å². The van der Waals surface area contributed by atoms with Crippen LogP contribution in [0, 0.1) is 11.7 Å². The molecule has 9 nitrogen and oxygen atoms in total. The molecule has 0 spiro atoms. The normalized spacial score (nSPS) is 16.0. The fourth-order valence-corrected chi connectivity index (χ4v) is 3.71. The molecule has 4 aromatic rings. The van der Waals surface area contributed by atoms with Gasteiger partial charge in [-0.1, -0.05) is 18.2 Å². The highest BCUT2D eigenvalue weighted by atomic mass is 19.1. The Morgan fingerprint density at radius 1 is 1.03 bits per heavy atom. The van der Waals surface area contributed by atoms with E-state index in [9.17, 15) is 18.8 Å². The van der Waals surface area contributed by atoms with E-state index in [1.54, 1.807) is 4.68 Å². The largest absolute Gasteiger partial charge is 0.312 e. The molecule has 0 saturated carbocycles. The number of anilines is 1. The molecular weight excluding hydrogens is 415 g/mol. The van der Waals surface area contributed by atoms with Crippen molar-refractivity contribution < 1.29 is 14.0 Å². The van der Waals surface area contributed by atoms with E-state index in [1.807, 2.05) is 30.3 Å². The molecule has 10 heteroatoms. The molecule has 1 aliphatic rings. The Balaban J connectivity index is 1.36. The van der Waals surface area contributed by atoms with Gasteiger partial charge in [0.25, 0.3) is 5.56 Å². The number of fused-ring (bicyclic) bond motifs is 1. The van der Waals surface area contributed by atoms with Crippen molar-refractivity contribution in [2.75, 3.05) is 16.9 Å². The quantitative estimate of drug-likeness (QED) is 0.530. The lowest BCUT2D eigenvalue weighted by Gasteiger charge is -2.17. The molecule has 1 saturated heterocycles. The van der Waals surface area contributed by atoms with Gasteiger partial charge in [-0.3, -0.25) is 19.8 Å². The number of para-hydroxylation sites is 1. The van der Waals surface area contributed by atoms with E-state index in [4.69, 9.17) is 0 Å². The zero-order chi connectivity index (χ0) is 22.2. The summed E-state index contributed by atoms with van der Waals surface area (Å²) in [6.45, 7) is 0.132. The molecule has 1 N–H and O–H groups in total. The molecule has 1 atom stereocenters. The molecule has 0 unspecified atom stereocenters. The number of rotatable bonds is 4. The maximum Gasteiger partial charge on any atom is 0.283 e. The maximum absolute atomic E-state index is 13.2. The Morgan fingerprint density at radius 3 is 2.53 bits per heavy atom. The van der Waals surface area contributed by atoms with Crippen LogP contribution in [0.25, 0.3) is 16.7 Å². The van der Waals surface area contributed by atoms with Crippen molar-refractivity contribution >= 4 is 28.5 Å². The van der Waals surface area contributed by atoms with Gasteiger partial charge in [-0.15, -0.1) is 0 Å². The molecule has 1 aliphatic heterocycles. The summed E-state index contributed by atoms with van der Waals surface area (Å²) in [4.78, 5) is 43.7. The number of hydrogen-bond donors (Lipinski definition) is 1. The number of benzene rings is 2. The van der Waals surface area contributed by atoms with Gasteiger partial charge >= 0.3 is 0 Å². The van der Waals surface area contributed by atoms with Crippen molar-refractivity contribution in [3.05, 3.63) is 83.3 Å². The third kappa shape index (κ3) is 3.41. The number of halogens is 1. The Hall–Kier alpha value is -4.34. The second kappa shape index (κ2) is 7.73. The van der Waals surface area contributed by atoms with Crippen molar-refractivity contribution in [2.24, 2.45) is 5.92 Å². The van der Waals surface area contributed by atoms with Gasteiger partial charge in [0.05, 0.1) is 17.8 Å². The van der Waals surface area contributed by atoms with Gasteiger partial charge in [-0.05, 0) is 36.4 Å². The fraction of sp³-hybridized carbons (Fsp3) is 0.136. The van der Waals surface area contributed by atoms with E-state index in [-0.39, 0.29) is 24.3 Å². The van der Waals surface area contributed by atoms with Gasteiger partial charge in [-0.25, -0.2) is 18.7 Å². The van der Waals surface area contributed by atoms with Gasteiger partial charge < -0.3 is 4.90 Å². The molecular formula is C22H17FN6O3. The Morgan fingerprint density at radius 2 is 1.78 bits per heavy atom. The topological polar surface area (TPSA) is 102 Å². The summed E-state index contributed by atoms with van der Waals surface area (Å²) >= 11 is 0. The van der Waals surface area contributed by atoms with Crippen LogP contribution in [0.3, 0.4) is 0 Å². The summed E-state index contributed by atoms with van der Waals surface area (Å²) in [5.41, 5.74) is 3.67. The third-order valence-corrected chi connectivity index (χ3v) is 5.35. The van der Waals surface area contributed by atoms with Crippen LogP contribution >= 0.6 is 0 Å². The molecule has 2 amide bonds. The highest BCUT2D eigenvalue weighted by Crippen LogP contribution is 2.25. The second-order valence-electron chi connectivity index (χ2n) is 7.41. The lowest BCUT2D eigenvalue weighted by atomic mass is 10.1. The van der Waals surface area contributed by atoms with Gasteiger partial charge in [0.2, 0.25) is 11.8 Å². The molecule has 32 heavy (non-hydrogen) atoms. The standard InChI is InChI=1S/C22H17FN6O3/c23-15-6-8-16(9-7-15)27-12-14(10-19(27)30)21(31)26-28-13-24-20-18(22(28)32)11-25-29(20)17-4-2-1-3-5-17/h1-9,11,13-14H,10,12H2,(H,26,31)/t14-/m0/s1. The number of hydrogen-bond acceptors (Lipinski definition) is 5. The minimum absolute atomic E-state index is 0.0143. The van der Waals surface area contributed by atoms with E-state index >= 15 is 0 Å². The van der Waals surface area contributed by atoms with Crippen molar-refractivity contribution in [1.29, 1.82) is 0 Å². The molecule has 0 bridgehead atoms. The first kappa shape index (κ1) is 19.6. The zero-order valence-corrected chi connectivity index (χ0v) is 16.7. The van der Waals surface area contributed by atoms with Crippen molar-refractivity contribution in [1.82, 2.24) is 19.4 Å². The fourth-order valence-electron chi connectivity index (χ4n) is 3.71. The van der Waals surface area contributed by atoms with Crippen molar-refractivity contribution in [3.8, 4) is 5.69 Å². The minimum Gasteiger partial charge on any atom is -0.312 e. The first-order valence-corrected chi connectivity index (χ1v) is 9.89. The summed E-state index contributed by atoms with van der Waals surface area (Å²) in [5.74, 6) is -1.81. The van der Waals surface area contributed by atoms with Gasteiger partial charge in [0.1, 0.15) is 17.5 Å². The number of carbonyl (C=O) groups is 2. The van der Waals surface area contributed by atoms with Gasteiger partial charge in [-0.2, -0.15) is 5.10 Å². The summed E-state index contributed by atoms with van der Waals surface area (Å²) in [7, 11) is 0. The van der Waals surface area contributed by atoms with E-state index in [2.05, 4.69) is 15.5 Å². The predicted molar refractivity (Wildman–Crippen MR) is 114 cm³/mol. The Labute approximate surface area is 180 Å². The summed E-state index contributed by atoms with van der Waals surface area (Å²) in [6.07, 6.45) is 2.60. The first-order chi connectivity index (χ1) is 15.5. The lowest BCUT2D eigenvalue weighted by Crippen LogP contribution is -2.37. The number of amides is 2. The van der Waals surface area contributed by atoms with Crippen LogP contribution in [0.4, 0.5) is 10.1 Å². The van der Waals surface area contributed by atoms with E-state index in [1.165, 1.54) is 41.7 Å². The van der Waals surface area contributed by atoms with Gasteiger partial charge in [0.15, 0.2) is 5.65 Å². The number of nitrogens with one attached hydrogen (secondary N) is 1. The molecule has 1 fully saturated rings. The second-order valence-corrected chi connectivity index (χ2v) is 7.41. The van der Waals surface area contributed by atoms with Crippen molar-refractivity contribution in [3.63, 3.8) is 0 Å². The molecule has 160 valence electrons. The predicted octanol–water partition coefficient (Wildman–Crippen LogP) is 1.84. The zero-order valence-electron chi connectivity index (χ0n) is 16.7. The number of carbonyl (C=O) groups excluding carboxylic acids is 2.